The van der Waals surface area contributed by atoms with Crippen molar-refractivity contribution in [1.82, 2.24) is 19.7 Å². The molecule has 0 spiro atoms. The fourth-order valence-corrected chi connectivity index (χ4v) is 5.00. The van der Waals surface area contributed by atoms with Gasteiger partial charge in [-0.15, -0.1) is 11.8 Å². The van der Waals surface area contributed by atoms with Crippen LogP contribution < -0.4 is 0 Å². The molecule has 0 saturated heterocycles. The van der Waals surface area contributed by atoms with Gasteiger partial charge in [0.15, 0.2) is 5.65 Å². The predicted molar refractivity (Wildman–Crippen MR) is 109 cm³/mol. The van der Waals surface area contributed by atoms with Crippen molar-refractivity contribution in [3.8, 4) is 0 Å². The summed E-state index contributed by atoms with van der Waals surface area (Å²) in [5, 5.41) is 5.99. The highest BCUT2D eigenvalue weighted by atomic mass is 32.2. The van der Waals surface area contributed by atoms with Gasteiger partial charge in [0, 0.05) is 12.8 Å². The van der Waals surface area contributed by atoms with Crippen LogP contribution in [-0.4, -0.2) is 28.2 Å². The maximum Gasteiger partial charge on any atom is 0.206 e. The molecule has 0 saturated carbocycles. The first kappa shape index (κ1) is 18.6. The van der Waals surface area contributed by atoms with Crippen molar-refractivity contribution >= 4 is 32.6 Å². The van der Waals surface area contributed by atoms with Crippen LogP contribution in [0.15, 0.2) is 75.9 Å². The molecule has 0 bridgehead atoms. The zero-order valence-corrected chi connectivity index (χ0v) is 17.0. The lowest BCUT2D eigenvalue weighted by Crippen LogP contribution is -2.02. The van der Waals surface area contributed by atoms with Gasteiger partial charge in [0.05, 0.1) is 21.4 Å². The molecular weight excluding hydrogens is 392 g/mol. The number of hydrogen-bond donors (Lipinski definition) is 0. The first-order valence-corrected chi connectivity index (χ1v) is 11.1. The lowest BCUT2D eigenvalue weighted by molar-refractivity contribution is 0.596. The number of rotatable bonds is 5. The SMILES string of the molecule is Cc1ccc(S(=O)(=O)c2ccc(CSc3ncnc4c3cnn4C)cc2)cc1. The number of benzene rings is 2. The number of aromatic nitrogens is 4. The van der Waals surface area contributed by atoms with Crippen LogP contribution in [0.4, 0.5) is 0 Å². The largest absolute Gasteiger partial charge is 0.250 e. The summed E-state index contributed by atoms with van der Waals surface area (Å²) >= 11 is 1.57. The van der Waals surface area contributed by atoms with Gasteiger partial charge in [-0.3, -0.25) is 4.68 Å². The van der Waals surface area contributed by atoms with Crippen molar-refractivity contribution in [3.05, 3.63) is 72.2 Å². The van der Waals surface area contributed by atoms with E-state index in [0.29, 0.717) is 15.5 Å². The second-order valence-corrected chi connectivity index (χ2v) is 9.35. The summed E-state index contributed by atoms with van der Waals surface area (Å²) in [6.07, 6.45) is 3.29. The number of sulfone groups is 1. The Morgan fingerprint density at radius 3 is 2.29 bits per heavy atom. The summed E-state index contributed by atoms with van der Waals surface area (Å²) in [5.74, 6) is 0.672. The second kappa shape index (κ2) is 7.37. The normalized spacial score (nSPS) is 11.8. The van der Waals surface area contributed by atoms with Gasteiger partial charge in [-0.25, -0.2) is 18.4 Å². The highest BCUT2D eigenvalue weighted by Gasteiger charge is 2.17. The van der Waals surface area contributed by atoms with Crippen molar-refractivity contribution in [2.24, 2.45) is 7.05 Å². The van der Waals surface area contributed by atoms with E-state index < -0.39 is 9.84 Å². The van der Waals surface area contributed by atoms with E-state index in [2.05, 4.69) is 15.1 Å². The molecule has 0 amide bonds. The fraction of sp³-hybridized carbons (Fsp3) is 0.150. The van der Waals surface area contributed by atoms with Gasteiger partial charge < -0.3 is 0 Å². The minimum absolute atomic E-state index is 0.293. The number of nitrogens with zero attached hydrogens (tertiary/aromatic N) is 4. The number of aryl methyl sites for hydroxylation is 2. The average molecular weight is 411 g/mol. The van der Waals surface area contributed by atoms with Crippen molar-refractivity contribution in [2.45, 2.75) is 27.5 Å². The van der Waals surface area contributed by atoms with E-state index in [0.717, 1.165) is 27.2 Å². The van der Waals surface area contributed by atoms with Gasteiger partial charge in [-0.05, 0) is 36.8 Å². The minimum atomic E-state index is -3.50. The van der Waals surface area contributed by atoms with Crippen LogP contribution in [0, 0.1) is 6.92 Å². The van der Waals surface area contributed by atoms with Crippen LogP contribution in [0.25, 0.3) is 11.0 Å². The third-order valence-electron chi connectivity index (χ3n) is 4.43. The van der Waals surface area contributed by atoms with Gasteiger partial charge in [-0.2, -0.15) is 5.10 Å². The summed E-state index contributed by atoms with van der Waals surface area (Å²) in [7, 11) is -1.66. The Morgan fingerprint density at radius 2 is 1.61 bits per heavy atom. The third kappa shape index (κ3) is 3.53. The maximum atomic E-state index is 12.8. The van der Waals surface area contributed by atoms with Gasteiger partial charge in [-0.1, -0.05) is 29.8 Å². The molecular formula is C20H18N4O2S2. The quantitative estimate of drug-likeness (QED) is 0.368. The molecule has 0 radical (unpaired) electrons. The van der Waals surface area contributed by atoms with Crippen LogP contribution >= 0.6 is 11.8 Å². The first-order valence-electron chi connectivity index (χ1n) is 8.61. The summed E-state index contributed by atoms with van der Waals surface area (Å²) in [4.78, 5) is 9.18. The summed E-state index contributed by atoms with van der Waals surface area (Å²) in [5.41, 5.74) is 2.83. The molecule has 2 aromatic heterocycles. The van der Waals surface area contributed by atoms with Crippen LogP contribution in [0.2, 0.25) is 0 Å². The van der Waals surface area contributed by atoms with E-state index in [1.807, 2.05) is 26.1 Å². The smallest absolute Gasteiger partial charge is 0.206 e. The highest BCUT2D eigenvalue weighted by Crippen LogP contribution is 2.28. The topological polar surface area (TPSA) is 77.7 Å². The Kier molecular flexibility index (Phi) is 4.91. The molecule has 4 aromatic rings. The zero-order valence-electron chi connectivity index (χ0n) is 15.4. The van der Waals surface area contributed by atoms with E-state index in [9.17, 15) is 8.42 Å². The molecule has 6 nitrogen and oxygen atoms in total. The lowest BCUT2D eigenvalue weighted by Gasteiger charge is -2.07. The number of hydrogen-bond acceptors (Lipinski definition) is 6. The molecule has 0 aliphatic rings. The van der Waals surface area contributed by atoms with Crippen LogP contribution in [0.1, 0.15) is 11.1 Å². The molecule has 0 aliphatic heterocycles. The fourth-order valence-electron chi connectivity index (χ4n) is 2.83. The van der Waals surface area contributed by atoms with E-state index in [-0.39, 0.29) is 0 Å². The van der Waals surface area contributed by atoms with Crippen molar-refractivity contribution < 1.29 is 8.42 Å². The maximum absolute atomic E-state index is 12.8. The third-order valence-corrected chi connectivity index (χ3v) is 7.30. The van der Waals surface area contributed by atoms with E-state index >= 15 is 0 Å². The van der Waals surface area contributed by atoms with Gasteiger partial charge in [0.1, 0.15) is 11.4 Å². The highest BCUT2D eigenvalue weighted by molar-refractivity contribution is 7.98. The standard InChI is InChI=1S/C20H18N4O2S2/c1-14-3-7-16(8-4-14)28(25,26)17-9-5-15(6-10-17)12-27-20-18-11-23-24(2)19(18)21-13-22-20/h3-11,13H,12H2,1-2H3. The first-order chi connectivity index (χ1) is 13.4. The summed E-state index contributed by atoms with van der Waals surface area (Å²) < 4.78 is 27.2. The predicted octanol–water partition coefficient (Wildman–Crippen LogP) is 3.80. The second-order valence-electron chi connectivity index (χ2n) is 6.43. The molecule has 0 unspecified atom stereocenters. The monoisotopic (exact) mass is 410 g/mol. The van der Waals surface area contributed by atoms with Gasteiger partial charge in [0.2, 0.25) is 9.84 Å². The summed E-state index contributed by atoms with van der Waals surface area (Å²) in [6, 6.07) is 13.9. The van der Waals surface area contributed by atoms with Crippen LogP contribution in [0.3, 0.4) is 0 Å². The Labute approximate surface area is 167 Å². The van der Waals surface area contributed by atoms with Crippen molar-refractivity contribution in [2.75, 3.05) is 0 Å². The average Bonchev–Trinajstić information content (AvgIpc) is 3.09. The van der Waals surface area contributed by atoms with Crippen molar-refractivity contribution in [1.29, 1.82) is 0 Å². The van der Waals surface area contributed by atoms with Gasteiger partial charge >= 0.3 is 0 Å². The Bertz CT molecular complexity index is 1230. The lowest BCUT2D eigenvalue weighted by atomic mass is 10.2. The number of thioether (sulfide) groups is 1. The Balaban J connectivity index is 1.52. The van der Waals surface area contributed by atoms with E-state index in [1.54, 1.807) is 59.0 Å². The molecule has 28 heavy (non-hydrogen) atoms. The van der Waals surface area contributed by atoms with Crippen molar-refractivity contribution in [3.63, 3.8) is 0 Å². The number of fused-ring (bicyclic) bond motifs is 1. The van der Waals surface area contributed by atoms with Gasteiger partial charge in [0.25, 0.3) is 0 Å². The zero-order chi connectivity index (χ0) is 19.7. The molecule has 2 aromatic carbocycles. The molecule has 0 aliphatic carbocycles. The van der Waals surface area contributed by atoms with E-state index in [1.165, 1.54) is 6.33 Å². The van der Waals surface area contributed by atoms with Crippen LogP contribution in [0.5, 0.6) is 0 Å². The molecule has 142 valence electrons. The summed E-state index contributed by atoms with van der Waals surface area (Å²) in [6.45, 7) is 1.93. The molecule has 2 heterocycles. The molecule has 0 N–H and O–H groups in total. The minimum Gasteiger partial charge on any atom is -0.250 e. The van der Waals surface area contributed by atoms with Crippen LogP contribution in [-0.2, 0) is 22.6 Å². The Hall–Kier alpha value is -2.71. The Morgan fingerprint density at radius 1 is 0.964 bits per heavy atom. The molecule has 0 atom stereocenters. The molecule has 8 heteroatoms. The van der Waals surface area contributed by atoms with E-state index in [4.69, 9.17) is 0 Å². The molecule has 0 fully saturated rings. The molecule has 4 rings (SSSR count).